The summed E-state index contributed by atoms with van der Waals surface area (Å²) in [6.45, 7) is 6.18. The van der Waals surface area contributed by atoms with Crippen LogP contribution in [0.5, 0.6) is 0 Å². The summed E-state index contributed by atoms with van der Waals surface area (Å²) in [6.07, 6.45) is 6.03. The van der Waals surface area contributed by atoms with Gasteiger partial charge >= 0.3 is 0 Å². The highest BCUT2D eigenvalue weighted by Gasteiger charge is 2.17. The van der Waals surface area contributed by atoms with E-state index in [1.807, 2.05) is 25.6 Å². The number of morpholine rings is 1. The third-order valence-electron chi connectivity index (χ3n) is 4.53. The number of nitrogens with zero attached hydrogens (tertiary/aromatic N) is 5. The molecule has 1 aliphatic rings. The van der Waals surface area contributed by atoms with Crippen LogP contribution in [0.4, 0.5) is 5.82 Å². The Balaban J connectivity index is 1.28. The van der Waals surface area contributed by atoms with E-state index in [2.05, 4.69) is 49.7 Å². The van der Waals surface area contributed by atoms with Crippen LogP contribution in [0.1, 0.15) is 17.5 Å². The van der Waals surface area contributed by atoms with Gasteiger partial charge in [-0.3, -0.25) is 4.68 Å². The number of anilines is 1. The molecule has 0 saturated carbocycles. The van der Waals surface area contributed by atoms with E-state index in [4.69, 9.17) is 4.74 Å². The summed E-state index contributed by atoms with van der Waals surface area (Å²) in [6, 6.07) is 4.23. The number of hydrogen-bond donors (Lipinski definition) is 1. The molecular weight excluding hydrogens is 360 g/mol. The predicted molar refractivity (Wildman–Crippen MR) is 107 cm³/mol. The molecule has 27 heavy (non-hydrogen) atoms. The van der Waals surface area contributed by atoms with Gasteiger partial charge in [0, 0.05) is 56.6 Å². The highest BCUT2D eigenvalue weighted by molar-refractivity contribution is 7.09. The molecule has 0 spiro atoms. The van der Waals surface area contributed by atoms with Gasteiger partial charge in [-0.15, -0.1) is 11.3 Å². The molecule has 7 nitrogen and oxygen atoms in total. The Bertz CT molecular complexity index is 874. The second-order valence-electron chi connectivity index (χ2n) is 6.78. The first-order valence-corrected chi connectivity index (χ1v) is 10.0. The average molecular weight is 385 g/mol. The van der Waals surface area contributed by atoms with Gasteiger partial charge in [-0.25, -0.2) is 9.97 Å². The van der Waals surface area contributed by atoms with Gasteiger partial charge in [-0.1, -0.05) is 6.07 Å². The Morgan fingerprint density at radius 3 is 2.96 bits per heavy atom. The first kappa shape index (κ1) is 18.1. The highest BCUT2D eigenvalue weighted by atomic mass is 32.1. The second kappa shape index (κ2) is 8.16. The summed E-state index contributed by atoms with van der Waals surface area (Å²) in [5, 5.41) is 10.8. The molecule has 0 radical (unpaired) electrons. The third-order valence-corrected chi connectivity index (χ3v) is 5.38. The predicted octanol–water partition coefficient (Wildman–Crippen LogP) is 2.45. The summed E-state index contributed by atoms with van der Waals surface area (Å²) < 4.78 is 7.38. The Morgan fingerprint density at radius 1 is 1.30 bits per heavy atom. The van der Waals surface area contributed by atoms with E-state index in [0.29, 0.717) is 0 Å². The molecule has 0 aliphatic carbocycles. The van der Waals surface area contributed by atoms with Crippen molar-refractivity contribution in [2.45, 2.75) is 26.1 Å². The SMILES string of the molecule is C[C@H]1CN(c2ccc(CNCc3nc(-c4cnn(C)c4)cs3)cn2)CCO1. The molecule has 1 N–H and O–H groups in total. The monoisotopic (exact) mass is 384 g/mol. The summed E-state index contributed by atoms with van der Waals surface area (Å²) in [5.74, 6) is 1.02. The minimum Gasteiger partial charge on any atom is -0.375 e. The van der Waals surface area contributed by atoms with Crippen molar-refractivity contribution in [3.05, 3.63) is 46.7 Å². The fourth-order valence-corrected chi connectivity index (χ4v) is 3.90. The van der Waals surface area contributed by atoms with Gasteiger partial charge in [0.15, 0.2) is 0 Å². The van der Waals surface area contributed by atoms with E-state index in [9.17, 15) is 0 Å². The van der Waals surface area contributed by atoms with Crippen LogP contribution in [0.15, 0.2) is 36.1 Å². The molecule has 3 aromatic rings. The van der Waals surface area contributed by atoms with Crippen LogP contribution in [0.2, 0.25) is 0 Å². The molecule has 142 valence electrons. The van der Waals surface area contributed by atoms with E-state index in [0.717, 1.165) is 54.9 Å². The van der Waals surface area contributed by atoms with Crippen molar-refractivity contribution < 1.29 is 4.74 Å². The molecule has 4 rings (SSSR count). The molecule has 3 aromatic heterocycles. The molecule has 8 heteroatoms. The van der Waals surface area contributed by atoms with Gasteiger partial charge < -0.3 is 15.0 Å². The number of thiazole rings is 1. The Labute approximate surface area is 163 Å². The van der Waals surface area contributed by atoms with Crippen molar-refractivity contribution in [2.24, 2.45) is 7.05 Å². The molecular formula is C19H24N6OS. The first-order valence-electron chi connectivity index (χ1n) is 9.13. The van der Waals surface area contributed by atoms with Crippen LogP contribution in [0, 0.1) is 0 Å². The van der Waals surface area contributed by atoms with E-state index < -0.39 is 0 Å². The summed E-state index contributed by atoms with van der Waals surface area (Å²) in [5.41, 5.74) is 3.21. The maximum atomic E-state index is 5.59. The molecule has 1 atom stereocenters. The van der Waals surface area contributed by atoms with Crippen LogP contribution < -0.4 is 10.2 Å². The first-order chi connectivity index (χ1) is 13.2. The average Bonchev–Trinajstić information content (AvgIpc) is 3.31. The van der Waals surface area contributed by atoms with Crippen LogP contribution in [0.3, 0.4) is 0 Å². The second-order valence-corrected chi connectivity index (χ2v) is 7.73. The quantitative estimate of drug-likeness (QED) is 0.704. The number of nitrogens with one attached hydrogen (secondary N) is 1. The minimum atomic E-state index is 0.261. The van der Waals surface area contributed by atoms with Gasteiger partial charge in [-0.2, -0.15) is 5.10 Å². The number of ether oxygens (including phenoxy) is 1. The molecule has 0 amide bonds. The lowest BCUT2D eigenvalue weighted by atomic mass is 10.2. The van der Waals surface area contributed by atoms with E-state index in [1.54, 1.807) is 16.0 Å². The molecule has 1 aliphatic heterocycles. The van der Waals surface area contributed by atoms with Gasteiger partial charge in [0.2, 0.25) is 0 Å². The lowest BCUT2D eigenvalue weighted by molar-refractivity contribution is 0.0529. The van der Waals surface area contributed by atoms with Crippen molar-refractivity contribution in [1.29, 1.82) is 0 Å². The van der Waals surface area contributed by atoms with E-state index in [1.165, 1.54) is 5.56 Å². The standard InChI is InChI=1S/C19H24N6OS/c1-14-11-25(5-6-26-14)18-4-3-15(8-21-18)7-20-10-19-23-17(13-27-19)16-9-22-24(2)12-16/h3-4,8-9,12-14,20H,5-7,10-11H2,1-2H3/t14-/m0/s1. The summed E-state index contributed by atoms with van der Waals surface area (Å²) >= 11 is 1.67. The molecule has 0 aromatic carbocycles. The maximum Gasteiger partial charge on any atom is 0.128 e. The summed E-state index contributed by atoms with van der Waals surface area (Å²) in [4.78, 5) is 11.6. The minimum absolute atomic E-state index is 0.261. The van der Waals surface area contributed by atoms with Crippen LogP contribution in [0.25, 0.3) is 11.3 Å². The van der Waals surface area contributed by atoms with Gasteiger partial charge in [0.1, 0.15) is 10.8 Å². The fraction of sp³-hybridized carbons (Fsp3) is 0.421. The third kappa shape index (κ3) is 4.52. The zero-order chi connectivity index (χ0) is 18.6. The maximum absolute atomic E-state index is 5.59. The van der Waals surface area contributed by atoms with Crippen molar-refractivity contribution in [1.82, 2.24) is 25.1 Å². The van der Waals surface area contributed by atoms with Gasteiger partial charge in [0.05, 0.1) is 24.6 Å². The topological polar surface area (TPSA) is 68.1 Å². The number of rotatable bonds is 6. The highest BCUT2D eigenvalue weighted by Crippen LogP contribution is 2.21. The molecule has 1 fully saturated rings. The van der Waals surface area contributed by atoms with Crippen LogP contribution >= 0.6 is 11.3 Å². The van der Waals surface area contributed by atoms with Crippen molar-refractivity contribution in [3.8, 4) is 11.3 Å². The summed E-state index contributed by atoms with van der Waals surface area (Å²) in [7, 11) is 1.91. The normalized spacial score (nSPS) is 17.4. The van der Waals surface area contributed by atoms with Crippen LogP contribution in [-0.2, 0) is 24.9 Å². The molecule has 0 bridgehead atoms. The zero-order valence-corrected chi connectivity index (χ0v) is 16.4. The zero-order valence-electron chi connectivity index (χ0n) is 15.6. The van der Waals surface area contributed by atoms with Crippen LogP contribution in [-0.4, -0.2) is 45.5 Å². The lowest BCUT2D eigenvalue weighted by Gasteiger charge is -2.32. The van der Waals surface area contributed by atoms with E-state index >= 15 is 0 Å². The lowest BCUT2D eigenvalue weighted by Crippen LogP contribution is -2.41. The number of aromatic nitrogens is 4. The van der Waals surface area contributed by atoms with Crippen molar-refractivity contribution in [2.75, 3.05) is 24.6 Å². The molecule has 4 heterocycles. The Morgan fingerprint density at radius 2 is 2.22 bits per heavy atom. The number of pyridine rings is 1. The smallest absolute Gasteiger partial charge is 0.128 e. The van der Waals surface area contributed by atoms with Crippen molar-refractivity contribution in [3.63, 3.8) is 0 Å². The Hall–Kier alpha value is -2.29. The molecule has 1 saturated heterocycles. The largest absolute Gasteiger partial charge is 0.375 e. The molecule has 0 unspecified atom stereocenters. The fourth-order valence-electron chi connectivity index (χ4n) is 3.13. The van der Waals surface area contributed by atoms with Gasteiger partial charge in [0.25, 0.3) is 0 Å². The van der Waals surface area contributed by atoms with Crippen molar-refractivity contribution >= 4 is 17.2 Å². The number of hydrogen-bond acceptors (Lipinski definition) is 7. The number of aryl methyl sites for hydroxylation is 1. The van der Waals surface area contributed by atoms with E-state index in [-0.39, 0.29) is 6.10 Å². The van der Waals surface area contributed by atoms with Gasteiger partial charge in [-0.05, 0) is 18.6 Å². The Kier molecular flexibility index (Phi) is 5.47.